The Bertz CT molecular complexity index is 537. The predicted molar refractivity (Wildman–Crippen MR) is 61.4 cm³/mol. The smallest absolute Gasteiger partial charge is 0.322 e. The highest BCUT2D eigenvalue weighted by atomic mass is 32.2. The van der Waals surface area contributed by atoms with Gasteiger partial charge in [-0.2, -0.15) is 4.31 Å². The summed E-state index contributed by atoms with van der Waals surface area (Å²) in [4.78, 5) is 14.9. The van der Waals surface area contributed by atoms with Gasteiger partial charge in [-0.05, 0) is 19.8 Å². The van der Waals surface area contributed by atoms with Crippen LogP contribution in [0.1, 0.15) is 17.8 Å². The minimum atomic E-state index is -3.70. The molecule has 1 unspecified atom stereocenters. The van der Waals surface area contributed by atoms with Crippen molar-refractivity contribution < 1.29 is 18.3 Å². The maximum atomic E-state index is 12.2. The molecule has 0 spiro atoms. The van der Waals surface area contributed by atoms with Crippen molar-refractivity contribution in [2.45, 2.75) is 30.0 Å². The second kappa shape index (κ2) is 4.35. The van der Waals surface area contributed by atoms with Crippen LogP contribution in [-0.4, -0.2) is 41.4 Å². The largest absolute Gasteiger partial charge is 0.480 e. The highest BCUT2D eigenvalue weighted by Crippen LogP contribution is 2.28. The van der Waals surface area contributed by atoms with E-state index in [1.54, 1.807) is 6.92 Å². The minimum absolute atomic E-state index is 0.114. The van der Waals surface area contributed by atoms with Gasteiger partial charge in [0.15, 0.2) is 4.21 Å². The lowest BCUT2D eigenvalue weighted by molar-refractivity contribution is -0.140. The molecule has 1 aliphatic heterocycles. The van der Waals surface area contributed by atoms with Gasteiger partial charge in [-0.1, -0.05) is 0 Å². The number of aliphatic carboxylic acids is 1. The average molecular weight is 276 g/mol. The number of carboxylic acids is 1. The number of carbonyl (C=O) groups is 1. The van der Waals surface area contributed by atoms with E-state index in [1.807, 2.05) is 0 Å². The zero-order chi connectivity index (χ0) is 12.6. The fourth-order valence-corrected chi connectivity index (χ4v) is 4.74. The molecule has 0 radical (unpaired) electrons. The third-order valence-corrected chi connectivity index (χ3v) is 5.91. The lowest BCUT2D eigenvalue weighted by Gasteiger charge is -2.19. The van der Waals surface area contributed by atoms with Gasteiger partial charge in [0.1, 0.15) is 6.04 Å². The van der Waals surface area contributed by atoms with Gasteiger partial charge in [0.2, 0.25) is 0 Å². The topological polar surface area (TPSA) is 87.6 Å². The Morgan fingerprint density at radius 1 is 1.65 bits per heavy atom. The first-order chi connectivity index (χ1) is 7.93. The lowest BCUT2D eigenvalue weighted by atomic mass is 10.2. The van der Waals surface area contributed by atoms with E-state index in [-0.39, 0.29) is 10.8 Å². The van der Waals surface area contributed by atoms with Gasteiger partial charge in [0.25, 0.3) is 10.0 Å². The van der Waals surface area contributed by atoms with Crippen LogP contribution in [0.15, 0.2) is 10.4 Å². The number of hydrogen-bond donors (Lipinski definition) is 1. The summed E-state index contributed by atoms with van der Waals surface area (Å²) < 4.78 is 25.6. The quantitative estimate of drug-likeness (QED) is 0.877. The van der Waals surface area contributed by atoms with E-state index < -0.39 is 22.0 Å². The van der Waals surface area contributed by atoms with Crippen LogP contribution in [0.5, 0.6) is 0 Å². The summed E-state index contributed by atoms with van der Waals surface area (Å²) in [6.45, 7) is 1.97. The molecule has 1 aromatic rings. The predicted octanol–water partition coefficient (Wildman–Crippen LogP) is 0.689. The van der Waals surface area contributed by atoms with Crippen LogP contribution in [-0.2, 0) is 14.8 Å². The van der Waals surface area contributed by atoms with Gasteiger partial charge in [-0.25, -0.2) is 13.4 Å². The third kappa shape index (κ3) is 2.20. The molecule has 1 fully saturated rings. The van der Waals surface area contributed by atoms with Crippen LogP contribution >= 0.6 is 11.3 Å². The summed E-state index contributed by atoms with van der Waals surface area (Å²) in [6, 6.07) is -0.942. The Hall–Kier alpha value is -0.990. The molecule has 94 valence electrons. The summed E-state index contributed by atoms with van der Waals surface area (Å²) in [5.41, 5.74) is 0. The van der Waals surface area contributed by atoms with Crippen molar-refractivity contribution in [3.8, 4) is 0 Å². The van der Waals surface area contributed by atoms with Crippen LogP contribution in [0.25, 0.3) is 0 Å². The Labute approximate surface area is 103 Å². The first-order valence-corrected chi connectivity index (χ1v) is 7.35. The van der Waals surface area contributed by atoms with Crippen molar-refractivity contribution in [3.05, 3.63) is 11.2 Å². The molecular formula is C9H12N2O4S2. The van der Waals surface area contributed by atoms with E-state index >= 15 is 0 Å². The standard InChI is InChI=1S/C9H12N2O4S2/c1-6-10-5-8(16-6)17(14,15)11-4-2-3-7(11)9(12)13/h5,7H,2-4H2,1H3,(H,12,13). The molecule has 1 N–H and O–H groups in total. The fourth-order valence-electron chi connectivity index (χ4n) is 1.85. The molecule has 1 saturated heterocycles. The fraction of sp³-hybridized carbons (Fsp3) is 0.556. The van der Waals surface area contributed by atoms with Crippen LogP contribution < -0.4 is 0 Å². The summed E-state index contributed by atoms with van der Waals surface area (Å²) in [5, 5.41) is 9.63. The average Bonchev–Trinajstić information content (AvgIpc) is 2.84. The van der Waals surface area contributed by atoms with Gasteiger partial charge >= 0.3 is 5.97 Å². The van der Waals surface area contributed by atoms with Crippen molar-refractivity contribution >= 4 is 27.3 Å². The number of hydrogen-bond acceptors (Lipinski definition) is 5. The zero-order valence-corrected chi connectivity index (χ0v) is 10.8. The molecule has 0 aromatic carbocycles. The number of nitrogens with zero attached hydrogens (tertiary/aromatic N) is 2. The van der Waals surface area contributed by atoms with Gasteiger partial charge in [0, 0.05) is 6.54 Å². The molecule has 6 nitrogen and oxygen atoms in total. The van der Waals surface area contributed by atoms with E-state index in [4.69, 9.17) is 5.11 Å². The number of thiazole rings is 1. The second-order valence-electron chi connectivity index (χ2n) is 3.81. The molecule has 0 aliphatic carbocycles. The van der Waals surface area contributed by atoms with Crippen LogP contribution in [0.4, 0.5) is 0 Å². The molecule has 0 saturated carbocycles. The van der Waals surface area contributed by atoms with Gasteiger partial charge in [-0.3, -0.25) is 4.79 Å². The van der Waals surface area contributed by atoms with Crippen molar-refractivity contribution in [1.82, 2.24) is 9.29 Å². The minimum Gasteiger partial charge on any atom is -0.480 e. The third-order valence-electron chi connectivity index (χ3n) is 2.65. The molecule has 2 rings (SSSR count). The first-order valence-electron chi connectivity index (χ1n) is 5.10. The Kier molecular flexibility index (Phi) is 3.19. The molecule has 1 aliphatic rings. The van der Waals surface area contributed by atoms with E-state index in [2.05, 4.69) is 4.98 Å². The molecule has 0 amide bonds. The normalized spacial score (nSPS) is 21.8. The summed E-state index contributed by atoms with van der Waals surface area (Å²) >= 11 is 1.06. The first kappa shape index (κ1) is 12.5. The van der Waals surface area contributed by atoms with Crippen molar-refractivity contribution in [1.29, 1.82) is 0 Å². The number of aromatic nitrogens is 1. The number of sulfonamides is 1. The van der Waals surface area contributed by atoms with Crippen LogP contribution in [0, 0.1) is 6.92 Å². The molecule has 0 bridgehead atoms. The van der Waals surface area contributed by atoms with E-state index in [0.29, 0.717) is 17.8 Å². The molecule has 1 aromatic heterocycles. The summed E-state index contributed by atoms with van der Waals surface area (Å²) in [7, 11) is -3.70. The number of rotatable bonds is 3. The molecule has 2 heterocycles. The number of carboxylic acid groups (broad SMARTS) is 1. The van der Waals surface area contributed by atoms with Crippen LogP contribution in [0.2, 0.25) is 0 Å². The summed E-state index contributed by atoms with van der Waals surface area (Å²) in [6.07, 6.45) is 2.23. The Morgan fingerprint density at radius 2 is 2.35 bits per heavy atom. The van der Waals surface area contributed by atoms with Gasteiger partial charge in [-0.15, -0.1) is 11.3 Å². The van der Waals surface area contributed by atoms with Gasteiger partial charge in [0.05, 0.1) is 11.2 Å². The van der Waals surface area contributed by atoms with Crippen molar-refractivity contribution in [3.63, 3.8) is 0 Å². The SMILES string of the molecule is Cc1ncc(S(=O)(=O)N2CCCC2C(=O)O)s1. The van der Waals surface area contributed by atoms with E-state index in [0.717, 1.165) is 15.6 Å². The van der Waals surface area contributed by atoms with Crippen molar-refractivity contribution in [2.75, 3.05) is 6.54 Å². The Balaban J connectivity index is 2.36. The maximum Gasteiger partial charge on any atom is 0.322 e. The van der Waals surface area contributed by atoms with Gasteiger partial charge < -0.3 is 5.11 Å². The highest BCUT2D eigenvalue weighted by Gasteiger charge is 2.40. The van der Waals surface area contributed by atoms with E-state index in [1.165, 1.54) is 6.20 Å². The van der Waals surface area contributed by atoms with E-state index in [9.17, 15) is 13.2 Å². The molecule has 17 heavy (non-hydrogen) atoms. The second-order valence-corrected chi connectivity index (χ2v) is 7.16. The number of aryl methyl sites for hydroxylation is 1. The lowest BCUT2D eigenvalue weighted by Crippen LogP contribution is -2.40. The molecular weight excluding hydrogens is 264 g/mol. The molecule has 8 heteroatoms. The molecule has 1 atom stereocenters. The van der Waals surface area contributed by atoms with Crippen molar-refractivity contribution in [2.24, 2.45) is 0 Å². The summed E-state index contributed by atoms with van der Waals surface area (Å²) in [5.74, 6) is -1.09. The van der Waals surface area contributed by atoms with Crippen LogP contribution in [0.3, 0.4) is 0 Å². The Morgan fingerprint density at radius 3 is 2.88 bits per heavy atom. The monoisotopic (exact) mass is 276 g/mol. The maximum absolute atomic E-state index is 12.2. The zero-order valence-electron chi connectivity index (χ0n) is 9.16. The highest BCUT2D eigenvalue weighted by molar-refractivity contribution is 7.91.